The minimum absolute atomic E-state index is 0. The minimum atomic E-state index is 0. The van der Waals surface area contributed by atoms with E-state index in [2.05, 4.69) is 27.7 Å². The van der Waals surface area contributed by atoms with Crippen LogP contribution in [-0.2, 0) is 18.6 Å². The van der Waals surface area contributed by atoms with Crippen LogP contribution in [-0.4, -0.2) is 61.8 Å². The maximum Gasteiger partial charge on any atom is 2.00 e. The van der Waals surface area contributed by atoms with E-state index in [0.717, 1.165) is 147 Å². The zero-order valence-electron chi connectivity index (χ0n) is 41.2. The van der Waals surface area contributed by atoms with Crippen molar-refractivity contribution in [1.82, 2.24) is 39.9 Å². The van der Waals surface area contributed by atoms with Gasteiger partial charge in [0.05, 0.1) is 60.9 Å². The van der Waals surface area contributed by atoms with Gasteiger partial charge in [0.15, 0.2) is 0 Å². The Balaban J connectivity index is 0.00000361. The molecule has 14 heteroatoms. The molecule has 4 aromatic carbocycles. The van der Waals surface area contributed by atoms with E-state index in [4.69, 9.17) is 58.8 Å². The Morgan fingerprint density at radius 1 is 0.357 bits per heavy atom. The van der Waals surface area contributed by atoms with Gasteiger partial charge >= 0.3 is 18.6 Å². The SMILES string of the molecule is CCCCCCOc1cccc2c1-c1nc-2nc2[n-]c(nc3nc(nc4[n-]c(n1)c1cccc(OCCCCCC)c41)-c1cccc(OCCCCCC)c1-3)c1cccc(OCCCCCC)c21.O.[V+2]. The summed E-state index contributed by atoms with van der Waals surface area (Å²) in [6.45, 7) is 11.1. The average Bonchev–Trinajstić information content (AvgIpc) is 4.10. The van der Waals surface area contributed by atoms with Crippen LogP contribution < -0.4 is 28.9 Å². The molecule has 70 heavy (non-hydrogen) atoms. The molecule has 0 saturated heterocycles. The predicted octanol–water partition coefficient (Wildman–Crippen LogP) is 13.1. The Bertz CT molecular complexity index is 2820. The average molecular weight is 982 g/mol. The van der Waals surface area contributed by atoms with Crippen LogP contribution in [0.25, 0.3) is 89.7 Å². The van der Waals surface area contributed by atoms with Gasteiger partial charge in [-0.15, -0.1) is 0 Å². The number of rotatable bonds is 24. The maximum absolute atomic E-state index is 6.56. The van der Waals surface area contributed by atoms with Gasteiger partial charge in [-0.25, -0.2) is 9.97 Å². The first-order valence-corrected chi connectivity index (χ1v) is 25.4. The van der Waals surface area contributed by atoms with Gasteiger partial charge in [-0.05, 0) is 60.7 Å². The van der Waals surface area contributed by atoms with Gasteiger partial charge in [-0.1, -0.05) is 153 Å². The summed E-state index contributed by atoms with van der Waals surface area (Å²) in [5, 5.41) is 3.09. The van der Waals surface area contributed by atoms with Crippen molar-refractivity contribution in [3.05, 3.63) is 72.8 Å². The van der Waals surface area contributed by atoms with E-state index in [1.165, 1.54) is 0 Å². The first kappa shape index (κ1) is 51.8. The monoisotopic (exact) mass is 981 g/mol. The molecule has 0 saturated carbocycles. The number of benzene rings is 4. The molecule has 9 rings (SSSR count). The van der Waals surface area contributed by atoms with E-state index in [1.54, 1.807) is 0 Å². The summed E-state index contributed by atoms with van der Waals surface area (Å²) >= 11 is 0. The largest absolute Gasteiger partial charge is 2.00 e. The molecule has 2 N–H and O–H groups in total. The van der Waals surface area contributed by atoms with Gasteiger partial charge in [0, 0.05) is 44.5 Å². The topological polar surface area (TPSA) is 174 Å². The van der Waals surface area contributed by atoms with Crippen LogP contribution >= 0.6 is 0 Å². The Labute approximate surface area is 423 Å². The molecule has 3 aromatic heterocycles. The first-order chi connectivity index (χ1) is 33.6. The van der Waals surface area contributed by atoms with Gasteiger partial charge in [0.1, 0.15) is 23.0 Å². The van der Waals surface area contributed by atoms with Crippen LogP contribution in [0, 0.1) is 0 Å². The molecule has 0 fully saturated rings. The number of unbranched alkanes of at least 4 members (excludes halogenated alkanes) is 12. The third kappa shape index (κ3) is 11.4. The number of nitrogens with zero attached hydrogens (tertiary/aromatic N) is 8. The molecule has 2 aliphatic rings. The van der Waals surface area contributed by atoms with Gasteiger partial charge < -0.3 is 54.3 Å². The quantitative estimate of drug-likeness (QED) is 0.0525. The molecule has 0 aliphatic carbocycles. The normalized spacial score (nSPS) is 11.5. The van der Waals surface area contributed by atoms with E-state index in [-0.39, 0.29) is 24.0 Å². The van der Waals surface area contributed by atoms with Crippen molar-refractivity contribution < 1.29 is 43.0 Å². The van der Waals surface area contributed by atoms with E-state index in [1.807, 2.05) is 72.8 Å². The van der Waals surface area contributed by atoms with E-state index in [0.29, 0.717) is 95.3 Å². The van der Waals surface area contributed by atoms with E-state index >= 15 is 0 Å². The van der Waals surface area contributed by atoms with Crippen LogP contribution in [0.1, 0.15) is 130 Å². The van der Waals surface area contributed by atoms with Crippen LogP contribution in [0.4, 0.5) is 0 Å². The number of hydrogen-bond donors (Lipinski definition) is 0. The number of aromatic nitrogens is 8. The Hall–Kier alpha value is -6.02. The van der Waals surface area contributed by atoms with Crippen LogP contribution in [0.2, 0.25) is 0 Å². The molecular weight excluding hydrogens is 916 g/mol. The third-order valence-corrected chi connectivity index (χ3v) is 12.7. The van der Waals surface area contributed by atoms with Crippen molar-refractivity contribution in [2.45, 2.75) is 130 Å². The fourth-order valence-electron chi connectivity index (χ4n) is 9.05. The standard InChI is InChI=1S/C56H64N8O4.H2O.V/c1-5-9-13-17-33-65-41-29-21-25-37-45(41)53-57-49(37)62-54-47-39(27-23-31-43(47)67-35-19-15-11-7-3)51(59-54)64-56-48-40(28-24-32-44(48)68-36-20-16-12-8-4)52(60-56)63-55-46-38(50(58-55)61-53)26-22-30-42(46)66-34-18-14-10-6-2;;/h21-32H,5-20,33-36H2,1-4H3;1H2;/q-2;;+2. The van der Waals surface area contributed by atoms with Crippen LogP contribution in [0.15, 0.2) is 72.8 Å². The molecule has 0 unspecified atom stereocenters. The zero-order valence-corrected chi connectivity index (χ0v) is 42.6. The third-order valence-electron chi connectivity index (χ3n) is 12.7. The summed E-state index contributed by atoms with van der Waals surface area (Å²) in [7, 11) is 0. The molecule has 5 heterocycles. The van der Waals surface area contributed by atoms with Crippen LogP contribution in [0.5, 0.6) is 23.0 Å². The minimum Gasteiger partial charge on any atom is -0.493 e. The molecule has 7 aromatic rings. The van der Waals surface area contributed by atoms with Crippen molar-refractivity contribution in [3.8, 4) is 68.5 Å². The summed E-state index contributed by atoms with van der Waals surface area (Å²) in [6, 6.07) is 24.0. The molecule has 0 spiro atoms. The molecule has 0 atom stereocenters. The van der Waals surface area contributed by atoms with Gasteiger partial charge in [-0.3, -0.25) is 0 Å². The van der Waals surface area contributed by atoms with Crippen molar-refractivity contribution in [2.75, 3.05) is 26.4 Å². The zero-order chi connectivity index (χ0) is 46.7. The number of hydrogen-bond acceptors (Lipinski definition) is 10. The Morgan fingerprint density at radius 3 is 1.06 bits per heavy atom. The van der Waals surface area contributed by atoms with Gasteiger partial charge in [0.25, 0.3) is 0 Å². The second-order valence-electron chi connectivity index (χ2n) is 17.8. The van der Waals surface area contributed by atoms with E-state index < -0.39 is 0 Å². The fourth-order valence-corrected chi connectivity index (χ4v) is 9.05. The molecular formula is C56H66N8O5V. The van der Waals surface area contributed by atoms with Crippen molar-refractivity contribution >= 4 is 44.1 Å². The number of ether oxygens (including phenoxy) is 4. The number of fused-ring (bicyclic) bond motifs is 20. The smallest absolute Gasteiger partial charge is 0.493 e. The van der Waals surface area contributed by atoms with Gasteiger partial charge in [0.2, 0.25) is 0 Å². The summed E-state index contributed by atoms with van der Waals surface area (Å²) in [4.78, 5) is 42.0. The molecule has 8 bridgehead atoms. The molecule has 0 amide bonds. The molecule has 365 valence electrons. The molecule has 1 radical (unpaired) electrons. The molecule has 13 nitrogen and oxygen atoms in total. The van der Waals surface area contributed by atoms with Crippen molar-refractivity contribution in [1.29, 1.82) is 0 Å². The predicted molar refractivity (Wildman–Crippen MR) is 276 cm³/mol. The van der Waals surface area contributed by atoms with Crippen LogP contribution in [0.3, 0.4) is 0 Å². The summed E-state index contributed by atoms with van der Waals surface area (Å²) in [6.07, 6.45) is 17.4. The summed E-state index contributed by atoms with van der Waals surface area (Å²) < 4.78 is 26.2. The van der Waals surface area contributed by atoms with Gasteiger partial charge in [-0.2, -0.15) is 0 Å². The second kappa shape index (κ2) is 25.2. The summed E-state index contributed by atoms with van der Waals surface area (Å²) in [5.41, 5.74) is 4.90. The van der Waals surface area contributed by atoms with E-state index in [9.17, 15) is 0 Å². The first-order valence-electron chi connectivity index (χ1n) is 25.4. The van der Waals surface area contributed by atoms with Crippen molar-refractivity contribution in [2.24, 2.45) is 0 Å². The Kier molecular flexibility index (Phi) is 18.7. The van der Waals surface area contributed by atoms with Crippen molar-refractivity contribution in [3.63, 3.8) is 0 Å². The summed E-state index contributed by atoms with van der Waals surface area (Å²) in [5.74, 6) is 4.57. The maximum atomic E-state index is 6.56. The fraction of sp³-hybridized carbons (Fsp3) is 0.429. The second-order valence-corrected chi connectivity index (χ2v) is 17.8. The molecule has 2 aliphatic heterocycles. The Morgan fingerprint density at radius 2 is 0.686 bits per heavy atom.